The van der Waals surface area contributed by atoms with Crippen LogP contribution in [0.5, 0.6) is 0 Å². The number of ether oxygens (including phenoxy) is 1. The van der Waals surface area contributed by atoms with Crippen LogP contribution in [0.3, 0.4) is 0 Å². The lowest BCUT2D eigenvalue weighted by molar-refractivity contribution is -0.119. The van der Waals surface area contributed by atoms with Crippen molar-refractivity contribution in [2.45, 2.75) is 0 Å². The van der Waals surface area contributed by atoms with Gasteiger partial charge in [0.05, 0.1) is 24.0 Å². The molecule has 7 nitrogen and oxygen atoms in total. The lowest BCUT2D eigenvalue weighted by atomic mass is 10.1. The third-order valence-electron chi connectivity index (χ3n) is 2.28. The SMILES string of the molecule is COCC(=O)Nc1c(I)c(C(=O)O)c(I)c(C(=O)O)c1I.Cl.Cl. The van der Waals surface area contributed by atoms with Gasteiger partial charge in [0.15, 0.2) is 0 Å². The van der Waals surface area contributed by atoms with Crippen molar-refractivity contribution in [3.63, 3.8) is 0 Å². The van der Waals surface area contributed by atoms with Crippen LogP contribution in [0.15, 0.2) is 0 Å². The van der Waals surface area contributed by atoms with Gasteiger partial charge in [-0.2, -0.15) is 0 Å². The Bertz CT molecular complexity index is 600. The van der Waals surface area contributed by atoms with Crippen LogP contribution in [0.4, 0.5) is 5.69 Å². The minimum absolute atomic E-state index is 0. The Morgan fingerprint density at radius 3 is 1.65 bits per heavy atom. The summed E-state index contributed by atoms with van der Waals surface area (Å²) in [4.78, 5) is 34.3. The van der Waals surface area contributed by atoms with Crippen LogP contribution in [0, 0.1) is 10.7 Å². The average molecular weight is 704 g/mol. The average Bonchev–Trinajstić information content (AvgIpc) is 2.33. The van der Waals surface area contributed by atoms with Gasteiger partial charge in [0, 0.05) is 10.7 Å². The van der Waals surface area contributed by atoms with Crippen LogP contribution in [0.2, 0.25) is 0 Å². The fourth-order valence-electron chi connectivity index (χ4n) is 1.46. The van der Waals surface area contributed by atoms with E-state index in [1.165, 1.54) is 7.11 Å². The van der Waals surface area contributed by atoms with Gasteiger partial charge in [-0.1, -0.05) is 0 Å². The van der Waals surface area contributed by atoms with E-state index in [0.717, 1.165) is 0 Å². The Morgan fingerprint density at radius 1 is 0.957 bits per heavy atom. The molecule has 1 amide bonds. The number of hydrogen-bond donors (Lipinski definition) is 3. The number of carboxylic acids is 2. The third-order valence-corrected chi connectivity index (χ3v) is 5.52. The Labute approximate surface area is 184 Å². The van der Waals surface area contributed by atoms with E-state index in [0.29, 0.717) is 0 Å². The number of rotatable bonds is 5. The zero-order valence-corrected chi connectivity index (χ0v) is 19.3. The number of hydrogen-bond acceptors (Lipinski definition) is 4. The molecule has 0 saturated carbocycles. The Kier molecular flexibility index (Phi) is 12.3. The van der Waals surface area contributed by atoms with E-state index >= 15 is 0 Å². The van der Waals surface area contributed by atoms with Gasteiger partial charge in [-0.05, 0) is 67.8 Å². The first-order valence-electron chi connectivity index (χ1n) is 5.18. The smallest absolute Gasteiger partial charge is 0.337 e. The molecule has 0 atom stereocenters. The summed E-state index contributed by atoms with van der Waals surface area (Å²) in [5.74, 6) is -3.02. The van der Waals surface area contributed by atoms with Crippen LogP contribution in [-0.4, -0.2) is 41.8 Å². The van der Waals surface area contributed by atoms with Crippen molar-refractivity contribution in [1.29, 1.82) is 0 Å². The molecule has 0 fully saturated rings. The molecule has 0 aromatic heterocycles. The summed E-state index contributed by atoms with van der Waals surface area (Å²) in [6.07, 6.45) is 0. The number of anilines is 1. The minimum atomic E-state index is -1.26. The molecule has 23 heavy (non-hydrogen) atoms. The molecule has 1 rings (SSSR count). The molecule has 0 spiro atoms. The quantitative estimate of drug-likeness (QED) is 0.406. The van der Waals surface area contributed by atoms with E-state index < -0.39 is 17.8 Å². The van der Waals surface area contributed by atoms with Gasteiger partial charge in [-0.15, -0.1) is 24.8 Å². The summed E-state index contributed by atoms with van der Waals surface area (Å²) in [6, 6.07) is 0. The summed E-state index contributed by atoms with van der Waals surface area (Å²) in [7, 11) is 1.34. The van der Waals surface area contributed by atoms with Gasteiger partial charge in [0.25, 0.3) is 0 Å². The molecule has 3 N–H and O–H groups in total. The highest BCUT2D eigenvalue weighted by molar-refractivity contribution is 14.1. The molecular formula is C11H10Cl2I3NO6. The predicted octanol–water partition coefficient (Wildman–Crippen LogP) is 3.33. The molecule has 0 aliphatic heterocycles. The highest BCUT2D eigenvalue weighted by Gasteiger charge is 2.28. The van der Waals surface area contributed by atoms with E-state index in [4.69, 9.17) is 0 Å². The largest absolute Gasteiger partial charge is 0.478 e. The molecule has 1 aromatic carbocycles. The van der Waals surface area contributed by atoms with E-state index in [1.807, 2.05) is 0 Å². The minimum Gasteiger partial charge on any atom is -0.478 e. The number of nitrogens with one attached hydrogen (secondary N) is 1. The van der Waals surface area contributed by atoms with Crippen molar-refractivity contribution in [3.8, 4) is 0 Å². The van der Waals surface area contributed by atoms with Crippen LogP contribution in [0.25, 0.3) is 0 Å². The lowest BCUT2D eigenvalue weighted by Crippen LogP contribution is -2.22. The van der Waals surface area contributed by atoms with Crippen molar-refractivity contribution in [3.05, 3.63) is 21.8 Å². The normalized spacial score (nSPS) is 9.39. The summed E-state index contributed by atoms with van der Waals surface area (Å²) in [5.41, 5.74) is -0.142. The predicted molar refractivity (Wildman–Crippen MR) is 114 cm³/mol. The van der Waals surface area contributed by atoms with Crippen molar-refractivity contribution in [2.75, 3.05) is 19.0 Å². The highest BCUT2D eigenvalue weighted by Crippen LogP contribution is 2.35. The summed E-state index contributed by atoms with van der Waals surface area (Å²) < 4.78 is 5.33. The molecule has 0 bridgehead atoms. The number of benzene rings is 1. The van der Waals surface area contributed by atoms with Gasteiger partial charge < -0.3 is 20.3 Å². The zero-order chi connectivity index (χ0) is 16.3. The van der Waals surface area contributed by atoms with Gasteiger partial charge in [-0.25, -0.2) is 9.59 Å². The second-order valence-electron chi connectivity index (χ2n) is 3.66. The van der Waals surface area contributed by atoms with Gasteiger partial charge in [0.1, 0.15) is 6.61 Å². The van der Waals surface area contributed by atoms with Crippen molar-refractivity contribution >= 4 is 116 Å². The summed E-state index contributed by atoms with van der Waals surface area (Å²) in [5, 5.41) is 21.0. The molecule has 0 saturated heterocycles. The molecule has 0 aliphatic carbocycles. The summed E-state index contributed by atoms with van der Waals surface area (Å²) >= 11 is 5.22. The van der Waals surface area contributed by atoms with Crippen LogP contribution in [-0.2, 0) is 9.53 Å². The molecule has 12 heteroatoms. The second-order valence-corrected chi connectivity index (χ2v) is 6.89. The maximum absolute atomic E-state index is 11.6. The number of carbonyl (C=O) groups is 3. The third kappa shape index (κ3) is 5.98. The fraction of sp³-hybridized carbons (Fsp3) is 0.182. The monoisotopic (exact) mass is 703 g/mol. The zero-order valence-electron chi connectivity index (χ0n) is 11.2. The fourth-order valence-corrected chi connectivity index (χ4v) is 5.81. The molecule has 0 heterocycles. The molecule has 0 aliphatic rings. The number of halogens is 5. The van der Waals surface area contributed by atoms with Crippen LogP contribution >= 0.6 is 92.6 Å². The van der Waals surface area contributed by atoms with E-state index in [9.17, 15) is 24.6 Å². The maximum Gasteiger partial charge on any atom is 0.337 e. The van der Waals surface area contributed by atoms with Crippen molar-refractivity contribution in [1.82, 2.24) is 0 Å². The Morgan fingerprint density at radius 2 is 1.35 bits per heavy atom. The number of amides is 1. The molecule has 0 unspecified atom stereocenters. The summed E-state index contributed by atoms with van der Waals surface area (Å²) in [6.45, 7) is -0.219. The van der Waals surface area contributed by atoms with Gasteiger partial charge in [0.2, 0.25) is 5.91 Å². The number of methoxy groups -OCH3 is 1. The molecular weight excluding hydrogens is 694 g/mol. The second kappa shape index (κ2) is 11.1. The van der Waals surface area contributed by atoms with E-state index in [2.05, 4.69) is 10.1 Å². The van der Waals surface area contributed by atoms with Crippen LogP contribution < -0.4 is 5.32 Å². The van der Waals surface area contributed by atoms with Crippen LogP contribution in [0.1, 0.15) is 20.7 Å². The first kappa shape index (κ1) is 25.6. The highest BCUT2D eigenvalue weighted by atomic mass is 127. The number of carbonyl (C=O) groups excluding carboxylic acids is 1. The van der Waals surface area contributed by atoms with E-state index in [1.54, 1.807) is 67.8 Å². The van der Waals surface area contributed by atoms with E-state index in [-0.39, 0.29) is 58.9 Å². The first-order chi connectivity index (χ1) is 9.72. The van der Waals surface area contributed by atoms with Crippen molar-refractivity contribution < 1.29 is 29.3 Å². The topological polar surface area (TPSA) is 113 Å². The lowest BCUT2D eigenvalue weighted by Gasteiger charge is -2.16. The standard InChI is InChI=1S/C11H8I3NO6.2ClH/c1-21-2-3(16)15-9-7(13)4(10(17)18)6(12)5(8(9)14)11(19)20;;/h2H2,1H3,(H,15,16)(H,17,18)(H,19,20);2*1H. The first-order valence-corrected chi connectivity index (χ1v) is 8.41. The molecule has 0 radical (unpaired) electrons. The van der Waals surface area contributed by atoms with Gasteiger partial charge >= 0.3 is 11.9 Å². The number of aromatic carboxylic acids is 2. The Hall–Kier alpha value is 0.360. The Balaban J connectivity index is 0. The number of carboxylic acid groups (broad SMARTS) is 2. The maximum atomic E-state index is 11.6. The molecule has 1 aromatic rings. The molecule has 130 valence electrons. The van der Waals surface area contributed by atoms with Crippen molar-refractivity contribution in [2.24, 2.45) is 0 Å². The van der Waals surface area contributed by atoms with Gasteiger partial charge in [-0.3, -0.25) is 4.79 Å².